The highest BCUT2D eigenvalue weighted by atomic mass is 16.5. The minimum Gasteiger partial charge on any atom is -0.458 e. The molecule has 0 saturated heterocycles. The average molecular weight is 234 g/mol. The number of ether oxygens (including phenoxy) is 1. The van der Waals surface area contributed by atoms with Crippen molar-refractivity contribution in [1.29, 1.82) is 0 Å². The van der Waals surface area contributed by atoms with Crippen LogP contribution in [0.4, 0.5) is 0 Å². The van der Waals surface area contributed by atoms with E-state index in [1.165, 1.54) is 0 Å². The van der Waals surface area contributed by atoms with E-state index in [-0.39, 0.29) is 5.78 Å². The van der Waals surface area contributed by atoms with Crippen molar-refractivity contribution in [1.82, 2.24) is 0 Å². The number of ketones is 1. The highest BCUT2D eigenvalue weighted by Crippen LogP contribution is 2.17. The molecule has 0 aromatic heterocycles. The molecule has 0 aromatic carbocycles. The molecular formula is C14H20NO2+. The number of carbonyl (C=O) groups is 1. The lowest BCUT2D eigenvalue weighted by atomic mass is 10.0. The molecule has 0 N–H and O–H groups in total. The number of hydrogen-bond acceptors (Lipinski definition) is 2. The first-order valence-corrected chi connectivity index (χ1v) is 6.03. The second-order valence-electron chi connectivity index (χ2n) is 3.95. The van der Waals surface area contributed by atoms with Crippen LogP contribution in [0.15, 0.2) is 35.9 Å². The van der Waals surface area contributed by atoms with Crippen molar-refractivity contribution in [3.05, 3.63) is 35.9 Å². The zero-order valence-electron chi connectivity index (χ0n) is 10.8. The lowest BCUT2D eigenvalue weighted by molar-refractivity contribution is -0.416. The van der Waals surface area contributed by atoms with E-state index in [4.69, 9.17) is 4.74 Å². The van der Waals surface area contributed by atoms with Crippen molar-refractivity contribution in [2.45, 2.75) is 33.1 Å². The molecule has 0 unspecified atom stereocenters. The second kappa shape index (κ2) is 6.84. The molecule has 0 bridgehead atoms. The molecule has 0 aromatic rings. The molecule has 3 heteroatoms. The van der Waals surface area contributed by atoms with Gasteiger partial charge in [0.25, 0.3) is 0 Å². The molecule has 1 heterocycles. The highest BCUT2D eigenvalue weighted by molar-refractivity contribution is 5.99. The molecule has 1 rings (SSSR count). The molecule has 1 aliphatic rings. The van der Waals surface area contributed by atoms with Crippen LogP contribution in [0.2, 0.25) is 0 Å². The largest absolute Gasteiger partial charge is 0.458 e. The summed E-state index contributed by atoms with van der Waals surface area (Å²) in [4.78, 5) is 12.0. The quantitative estimate of drug-likeness (QED) is 0.540. The van der Waals surface area contributed by atoms with Crippen molar-refractivity contribution in [3.63, 3.8) is 0 Å². The number of nitrogens with zero attached hydrogens (tertiary/aromatic N) is 1. The molecule has 1 aliphatic heterocycles. The Morgan fingerprint density at radius 2 is 2.24 bits per heavy atom. The summed E-state index contributed by atoms with van der Waals surface area (Å²) in [7, 11) is 1.91. The predicted octanol–water partition coefficient (Wildman–Crippen LogP) is 2.79. The van der Waals surface area contributed by atoms with E-state index in [1.54, 1.807) is 12.5 Å². The van der Waals surface area contributed by atoms with Gasteiger partial charge in [-0.05, 0) is 12.8 Å². The first-order chi connectivity index (χ1) is 8.19. The van der Waals surface area contributed by atoms with Crippen LogP contribution < -0.4 is 0 Å². The van der Waals surface area contributed by atoms with E-state index in [1.807, 2.05) is 43.8 Å². The zero-order valence-corrected chi connectivity index (χ0v) is 10.8. The molecule has 0 spiro atoms. The summed E-state index contributed by atoms with van der Waals surface area (Å²) < 4.78 is 7.35. The Bertz CT molecular complexity index is 400. The fraction of sp³-hybridized carbons (Fsp3) is 0.429. The van der Waals surface area contributed by atoms with Crippen molar-refractivity contribution in [3.8, 4) is 0 Å². The molecule has 0 aliphatic carbocycles. The maximum Gasteiger partial charge on any atom is 0.203 e. The number of allylic oxidation sites excluding steroid dienone is 3. The summed E-state index contributed by atoms with van der Waals surface area (Å²) in [6.45, 7) is 4.02. The van der Waals surface area contributed by atoms with E-state index >= 15 is 0 Å². The fourth-order valence-corrected chi connectivity index (χ4v) is 1.54. The minimum absolute atomic E-state index is 0.145. The monoisotopic (exact) mass is 234 g/mol. The molecule has 0 saturated carbocycles. The Morgan fingerprint density at radius 3 is 2.88 bits per heavy atom. The van der Waals surface area contributed by atoms with E-state index in [0.717, 1.165) is 12.8 Å². The van der Waals surface area contributed by atoms with Gasteiger partial charge < -0.3 is 4.74 Å². The number of rotatable bonds is 5. The molecule has 0 fully saturated rings. The van der Waals surface area contributed by atoms with E-state index in [9.17, 15) is 4.79 Å². The van der Waals surface area contributed by atoms with Crippen LogP contribution in [-0.2, 0) is 9.53 Å². The lowest BCUT2D eigenvalue weighted by Gasteiger charge is -2.07. The summed E-state index contributed by atoms with van der Waals surface area (Å²) >= 11 is 0. The Morgan fingerprint density at radius 1 is 1.47 bits per heavy atom. The lowest BCUT2D eigenvalue weighted by Crippen LogP contribution is -2.06. The van der Waals surface area contributed by atoms with Crippen LogP contribution in [0.3, 0.4) is 0 Å². The van der Waals surface area contributed by atoms with Crippen LogP contribution in [0.25, 0.3) is 0 Å². The van der Waals surface area contributed by atoms with E-state index in [2.05, 4.69) is 0 Å². The third-order valence-electron chi connectivity index (χ3n) is 2.40. The van der Waals surface area contributed by atoms with Crippen LogP contribution in [0.5, 0.6) is 0 Å². The van der Waals surface area contributed by atoms with Gasteiger partial charge in [-0.25, -0.2) is 4.58 Å². The van der Waals surface area contributed by atoms with E-state index in [0.29, 0.717) is 17.8 Å². The minimum atomic E-state index is 0.145. The van der Waals surface area contributed by atoms with Crippen molar-refractivity contribution < 1.29 is 14.1 Å². The summed E-state index contributed by atoms with van der Waals surface area (Å²) in [6.07, 6.45) is 11.3. The number of hydrogen-bond donors (Lipinski definition) is 0. The summed E-state index contributed by atoms with van der Waals surface area (Å²) in [5, 5.41) is 0. The summed E-state index contributed by atoms with van der Waals surface area (Å²) in [6, 6.07) is 0. The highest BCUT2D eigenvalue weighted by Gasteiger charge is 2.15. The Balaban J connectivity index is 2.96. The molecule has 17 heavy (non-hydrogen) atoms. The average Bonchev–Trinajstić information content (AvgIpc) is 2.51. The summed E-state index contributed by atoms with van der Waals surface area (Å²) in [5.74, 6) is 0.776. The van der Waals surface area contributed by atoms with Crippen molar-refractivity contribution in [2.75, 3.05) is 7.05 Å². The van der Waals surface area contributed by atoms with Crippen molar-refractivity contribution in [2.24, 2.45) is 0 Å². The smallest absolute Gasteiger partial charge is 0.203 e. The van der Waals surface area contributed by atoms with Gasteiger partial charge in [0, 0.05) is 12.5 Å². The predicted molar refractivity (Wildman–Crippen MR) is 68.8 cm³/mol. The fourth-order valence-electron chi connectivity index (χ4n) is 1.54. The van der Waals surface area contributed by atoms with Crippen LogP contribution >= 0.6 is 0 Å². The van der Waals surface area contributed by atoms with Gasteiger partial charge >= 0.3 is 0 Å². The molecule has 3 nitrogen and oxygen atoms in total. The Labute approximate surface area is 103 Å². The van der Waals surface area contributed by atoms with Gasteiger partial charge in [-0.1, -0.05) is 19.9 Å². The topological polar surface area (TPSA) is 29.3 Å². The number of Topliss-reactive ketones (excluding diaryl/α,β-unsaturated/α-hetero) is 1. The molecule has 0 radical (unpaired) electrons. The van der Waals surface area contributed by atoms with Crippen LogP contribution in [0, 0.1) is 0 Å². The van der Waals surface area contributed by atoms with Gasteiger partial charge in [-0.3, -0.25) is 4.79 Å². The van der Waals surface area contributed by atoms with Crippen molar-refractivity contribution >= 4 is 12.0 Å². The maximum atomic E-state index is 12.0. The van der Waals surface area contributed by atoms with Gasteiger partial charge in [0.05, 0.1) is 5.57 Å². The molecule has 0 atom stereocenters. The van der Waals surface area contributed by atoms with Gasteiger partial charge in [0.15, 0.2) is 18.3 Å². The molecule has 92 valence electrons. The third kappa shape index (κ3) is 4.02. The second-order valence-corrected chi connectivity index (χ2v) is 3.95. The normalized spacial score (nSPS) is 15.8. The third-order valence-corrected chi connectivity index (χ3v) is 2.40. The zero-order chi connectivity index (χ0) is 12.7. The first-order valence-electron chi connectivity index (χ1n) is 6.03. The van der Waals surface area contributed by atoms with Crippen LogP contribution in [0.1, 0.15) is 33.1 Å². The standard InChI is InChI=1S/C14H20NO2/c1-4-6-12(13(16)7-5-2)14-8-9-15(3)10-11-17-14/h6,8-11H,4-5,7H2,1-3H3/q+1/b12-6-. The summed E-state index contributed by atoms with van der Waals surface area (Å²) in [5.41, 5.74) is 0.686. The Hall–Kier alpha value is -1.64. The van der Waals surface area contributed by atoms with Gasteiger partial charge in [0.1, 0.15) is 12.8 Å². The van der Waals surface area contributed by atoms with Crippen LogP contribution in [-0.4, -0.2) is 23.6 Å². The first kappa shape index (κ1) is 13.4. The Kier molecular flexibility index (Phi) is 5.40. The maximum absolute atomic E-state index is 12.0. The van der Waals surface area contributed by atoms with Gasteiger partial charge in [0.2, 0.25) is 6.20 Å². The van der Waals surface area contributed by atoms with Gasteiger partial charge in [-0.2, -0.15) is 0 Å². The van der Waals surface area contributed by atoms with E-state index < -0.39 is 0 Å². The SMILES string of the molecule is CC/C=C(/C(=O)CCC)C1=CC=[N+](C)C=CO1. The molecule has 0 amide bonds. The number of carbonyl (C=O) groups excluding carboxylic acids is 1. The van der Waals surface area contributed by atoms with Gasteiger partial charge in [-0.15, -0.1) is 0 Å². The molecular weight excluding hydrogens is 214 g/mol.